The van der Waals surface area contributed by atoms with Crippen molar-refractivity contribution < 1.29 is 19.0 Å². The van der Waals surface area contributed by atoms with E-state index < -0.39 is 0 Å². The number of hydrogen-bond donors (Lipinski definition) is 1. The van der Waals surface area contributed by atoms with Gasteiger partial charge in [-0.25, -0.2) is 4.68 Å². The molecule has 0 unspecified atom stereocenters. The SMILES string of the molecule is CCCCOc1ccc(C(C)(C)C)cc1NC(=O)c1nnn(-c2cc(OC)cc(OC)c2)c1C. The second kappa shape index (κ2) is 10.6. The standard InChI is InChI=1S/C26H34N4O4/c1-8-9-12-34-23-11-10-18(26(3,4)5)13-22(23)27-25(31)24-17(2)30(29-28-24)19-14-20(32-6)16-21(15-19)33-7/h10-11,13-16H,8-9,12H2,1-7H3,(H,27,31). The molecule has 1 N–H and O–H groups in total. The van der Waals surface area contributed by atoms with Gasteiger partial charge in [0, 0.05) is 18.2 Å². The van der Waals surface area contributed by atoms with Crippen LogP contribution in [0.4, 0.5) is 5.69 Å². The summed E-state index contributed by atoms with van der Waals surface area (Å²) in [6.45, 7) is 10.9. The zero-order chi connectivity index (χ0) is 24.9. The van der Waals surface area contributed by atoms with Crippen LogP contribution in [-0.2, 0) is 5.41 Å². The first-order valence-corrected chi connectivity index (χ1v) is 11.4. The first-order valence-electron chi connectivity index (χ1n) is 11.4. The highest BCUT2D eigenvalue weighted by Crippen LogP contribution is 2.32. The number of amides is 1. The van der Waals surface area contributed by atoms with E-state index in [-0.39, 0.29) is 17.0 Å². The predicted octanol–water partition coefficient (Wildman–Crippen LogP) is 5.32. The van der Waals surface area contributed by atoms with E-state index in [0.717, 1.165) is 18.4 Å². The molecule has 3 aromatic rings. The lowest BCUT2D eigenvalue weighted by Crippen LogP contribution is -2.17. The molecule has 0 spiro atoms. The molecule has 0 aliphatic rings. The highest BCUT2D eigenvalue weighted by molar-refractivity contribution is 6.04. The van der Waals surface area contributed by atoms with Crippen molar-refractivity contribution in [2.45, 2.75) is 52.9 Å². The number of carbonyl (C=O) groups excluding carboxylic acids is 1. The van der Waals surface area contributed by atoms with Gasteiger partial charge in [-0.05, 0) is 36.5 Å². The number of nitrogens with one attached hydrogen (secondary N) is 1. The number of ether oxygens (including phenoxy) is 3. The second-order valence-corrected chi connectivity index (χ2v) is 9.12. The van der Waals surface area contributed by atoms with Crippen molar-refractivity contribution in [1.82, 2.24) is 15.0 Å². The van der Waals surface area contributed by atoms with Crippen LogP contribution < -0.4 is 19.5 Å². The van der Waals surface area contributed by atoms with Crippen LogP contribution in [0.3, 0.4) is 0 Å². The highest BCUT2D eigenvalue weighted by atomic mass is 16.5. The Hall–Kier alpha value is -3.55. The molecule has 0 aliphatic carbocycles. The molecule has 0 saturated heterocycles. The summed E-state index contributed by atoms with van der Waals surface area (Å²) in [5.41, 5.74) is 3.13. The van der Waals surface area contributed by atoms with Crippen LogP contribution >= 0.6 is 0 Å². The second-order valence-electron chi connectivity index (χ2n) is 9.12. The molecule has 0 radical (unpaired) electrons. The van der Waals surface area contributed by atoms with Gasteiger partial charge < -0.3 is 19.5 Å². The lowest BCUT2D eigenvalue weighted by molar-refractivity contribution is 0.102. The average molecular weight is 467 g/mol. The van der Waals surface area contributed by atoms with Gasteiger partial charge in [0.25, 0.3) is 5.91 Å². The van der Waals surface area contributed by atoms with Crippen LogP contribution in [0.1, 0.15) is 62.3 Å². The molecule has 182 valence electrons. The minimum atomic E-state index is -0.356. The Balaban J connectivity index is 1.92. The Morgan fingerprint density at radius 3 is 2.32 bits per heavy atom. The minimum absolute atomic E-state index is 0.0775. The molecule has 1 aromatic heterocycles. The molecule has 34 heavy (non-hydrogen) atoms. The van der Waals surface area contributed by atoms with Crippen molar-refractivity contribution in [3.05, 3.63) is 53.3 Å². The number of unbranched alkanes of at least 4 members (excludes halogenated alkanes) is 1. The molecular weight excluding hydrogens is 432 g/mol. The Kier molecular flexibility index (Phi) is 7.81. The van der Waals surface area contributed by atoms with Gasteiger partial charge in [-0.1, -0.05) is 45.4 Å². The fourth-order valence-electron chi connectivity index (χ4n) is 3.43. The molecule has 0 fully saturated rings. The normalized spacial score (nSPS) is 11.3. The minimum Gasteiger partial charge on any atom is -0.497 e. The van der Waals surface area contributed by atoms with Crippen LogP contribution in [0.2, 0.25) is 0 Å². The maximum atomic E-state index is 13.2. The monoisotopic (exact) mass is 466 g/mol. The number of nitrogens with zero attached hydrogens (tertiary/aromatic N) is 3. The molecule has 1 amide bonds. The van der Waals surface area contributed by atoms with Gasteiger partial charge in [0.05, 0.1) is 37.9 Å². The maximum Gasteiger partial charge on any atom is 0.278 e. The zero-order valence-corrected chi connectivity index (χ0v) is 21.1. The molecule has 0 saturated carbocycles. The topological polar surface area (TPSA) is 87.5 Å². The molecular formula is C26H34N4O4. The number of hydrogen-bond acceptors (Lipinski definition) is 6. The van der Waals surface area contributed by atoms with Gasteiger partial charge in [0.2, 0.25) is 0 Å². The van der Waals surface area contributed by atoms with Crippen molar-refractivity contribution in [3.63, 3.8) is 0 Å². The quantitative estimate of drug-likeness (QED) is 0.429. The van der Waals surface area contributed by atoms with Gasteiger partial charge >= 0.3 is 0 Å². The predicted molar refractivity (Wildman–Crippen MR) is 133 cm³/mol. The molecule has 0 aliphatic heterocycles. The average Bonchev–Trinajstić information content (AvgIpc) is 3.20. The van der Waals surface area contributed by atoms with E-state index in [4.69, 9.17) is 14.2 Å². The number of anilines is 1. The fraction of sp³-hybridized carbons (Fsp3) is 0.423. The lowest BCUT2D eigenvalue weighted by atomic mass is 9.87. The van der Waals surface area contributed by atoms with Gasteiger partial charge in [-0.15, -0.1) is 5.10 Å². The third kappa shape index (κ3) is 5.68. The Morgan fingerprint density at radius 1 is 1.06 bits per heavy atom. The van der Waals surface area contributed by atoms with Crippen molar-refractivity contribution in [2.24, 2.45) is 0 Å². The van der Waals surface area contributed by atoms with Crippen LogP contribution in [0.5, 0.6) is 17.2 Å². The van der Waals surface area contributed by atoms with Crippen LogP contribution in [0.15, 0.2) is 36.4 Å². The van der Waals surface area contributed by atoms with E-state index in [9.17, 15) is 4.79 Å². The summed E-state index contributed by atoms with van der Waals surface area (Å²) in [6.07, 6.45) is 1.96. The van der Waals surface area contributed by atoms with Crippen molar-refractivity contribution in [3.8, 4) is 22.9 Å². The zero-order valence-electron chi connectivity index (χ0n) is 21.1. The van der Waals surface area contributed by atoms with Crippen molar-refractivity contribution in [1.29, 1.82) is 0 Å². The smallest absolute Gasteiger partial charge is 0.278 e. The van der Waals surface area contributed by atoms with E-state index in [1.807, 2.05) is 18.2 Å². The summed E-state index contributed by atoms with van der Waals surface area (Å²) >= 11 is 0. The number of rotatable bonds is 9. The molecule has 8 heteroatoms. The molecule has 0 atom stereocenters. The van der Waals surface area contributed by atoms with Gasteiger partial charge in [0.1, 0.15) is 17.2 Å². The van der Waals surface area contributed by atoms with E-state index in [2.05, 4.69) is 43.3 Å². The van der Waals surface area contributed by atoms with E-state index >= 15 is 0 Å². The highest BCUT2D eigenvalue weighted by Gasteiger charge is 2.22. The van der Waals surface area contributed by atoms with Gasteiger partial charge in [0.15, 0.2) is 5.69 Å². The van der Waals surface area contributed by atoms with Crippen LogP contribution in [0, 0.1) is 6.92 Å². The number of carbonyl (C=O) groups is 1. The van der Waals surface area contributed by atoms with E-state index in [1.54, 1.807) is 44.0 Å². The number of benzene rings is 2. The van der Waals surface area contributed by atoms with Gasteiger partial charge in [-0.3, -0.25) is 4.79 Å². The van der Waals surface area contributed by atoms with Gasteiger partial charge in [-0.2, -0.15) is 0 Å². The molecule has 0 bridgehead atoms. The number of aromatic nitrogens is 3. The summed E-state index contributed by atoms with van der Waals surface area (Å²) < 4.78 is 18.2. The van der Waals surface area contributed by atoms with Crippen LogP contribution in [0.25, 0.3) is 5.69 Å². The van der Waals surface area contributed by atoms with E-state index in [0.29, 0.717) is 40.9 Å². The molecule has 1 heterocycles. The molecule has 2 aromatic carbocycles. The largest absolute Gasteiger partial charge is 0.497 e. The fourth-order valence-corrected chi connectivity index (χ4v) is 3.43. The lowest BCUT2D eigenvalue weighted by Gasteiger charge is -2.21. The third-order valence-corrected chi connectivity index (χ3v) is 5.54. The first kappa shape index (κ1) is 25.1. The third-order valence-electron chi connectivity index (χ3n) is 5.54. The van der Waals surface area contributed by atoms with Crippen molar-refractivity contribution >= 4 is 11.6 Å². The first-order chi connectivity index (χ1) is 16.2. The van der Waals surface area contributed by atoms with Crippen molar-refractivity contribution in [2.75, 3.05) is 26.1 Å². The maximum absolute atomic E-state index is 13.2. The summed E-state index contributed by atoms with van der Waals surface area (Å²) in [5.74, 6) is 1.51. The molecule has 3 rings (SSSR count). The Labute approximate surface area is 201 Å². The Bertz CT molecular complexity index is 1130. The Morgan fingerprint density at radius 2 is 1.74 bits per heavy atom. The summed E-state index contributed by atoms with van der Waals surface area (Å²) in [7, 11) is 3.16. The number of methoxy groups -OCH3 is 2. The molecule has 8 nitrogen and oxygen atoms in total. The summed E-state index contributed by atoms with van der Waals surface area (Å²) in [4.78, 5) is 13.2. The summed E-state index contributed by atoms with van der Waals surface area (Å²) in [6, 6.07) is 11.3. The van der Waals surface area contributed by atoms with Crippen LogP contribution in [-0.4, -0.2) is 41.7 Å². The summed E-state index contributed by atoms with van der Waals surface area (Å²) in [5, 5.41) is 11.3. The van der Waals surface area contributed by atoms with E-state index in [1.165, 1.54) is 0 Å².